The van der Waals surface area contributed by atoms with E-state index in [9.17, 15) is 0 Å². The summed E-state index contributed by atoms with van der Waals surface area (Å²) in [7, 11) is 0. The van der Waals surface area contributed by atoms with E-state index in [1.54, 1.807) is 0 Å². The minimum absolute atomic E-state index is 0.321. The van der Waals surface area contributed by atoms with E-state index in [1.807, 2.05) is 12.1 Å². The van der Waals surface area contributed by atoms with Gasteiger partial charge in [0.25, 0.3) is 0 Å². The summed E-state index contributed by atoms with van der Waals surface area (Å²) in [6.45, 7) is 3.00. The molecule has 116 valence electrons. The van der Waals surface area contributed by atoms with Gasteiger partial charge < -0.3 is 9.47 Å². The van der Waals surface area contributed by atoms with Crippen LogP contribution in [0.15, 0.2) is 30.3 Å². The molecule has 0 unspecified atom stereocenters. The van der Waals surface area contributed by atoms with E-state index in [0.717, 1.165) is 47.4 Å². The van der Waals surface area contributed by atoms with Crippen LogP contribution in [0.3, 0.4) is 0 Å². The molecule has 0 aliphatic carbocycles. The average molecular weight is 317 g/mol. The molecule has 1 fully saturated rings. The van der Waals surface area contributed by atoms with Gasteiger partial charge >= 0.3 is 0 Å². The number of unbranched alkanes of at least 4 members (excludes halogenated alkanes) is 2. The molecule has 22 heavy (non-hydrogen) atoms. The summed E-state index contributed by atoms with van der Waals surface area (Å²) in [4.78, 5) is 0. The first kappa shape index (κ1) is 14.3. The van der Waals surface area contributed by atoms with Crippen molar-refractivity contribution in [3.8, 4) is 5.75 Å². The van der Waals surface area contributed by atoms with Gasteiger partial charge in [0.2, 0.25) is 5.79 Å². The molecule has 2 aromatic rings. The van der Waals surface area contributed by atoms with Crippen molar-refractivity contribution in [2.24, 2.45) is 0 Å². The van der Waals surface area contributed by atoms with Gasteiger partial charge in [0.1, 0.15) is 5.75 Å². The summed E-state index contributed by atoms with van der Waals surface area (Å²) in [5.74, 6) is 0.855. The third-order valence-corrected chi connectivity index (χ3v) is 5.35. The van der Waals surface area contributed by atoms with Crippen LogP contribution in [0.4, 0.5) is 0 Å². The first-order chi connectivity index (χ1) is 10.7. The molecule has 0 amide bonds. The summed E-state index contributed by atoms with van der Waals surface area (Å²) < 4.78 is 12.6. The third-order valence-electron chi connectivity index (χ3n) is 5.04. The quantitative estimate of drug-likeness (QED) is 0.677. The van der Waals surface area contributed by atoms with E-state index in [4.69, 9.17) is 21.1 Å². The predicted octanol–water partition coefficient (Wildman–Crippen LogP) is 5.67. The lowest BCUT2D eigenvalue weighted by Crippen LogP contribution is -2.36. The van der Waals surface area contributed by atoms with Gasteiger partial charge in [-0.15, -0.1) is 0 Å². The number of ether oxygens (including phenoxy) is 2. The van der Waals surface area contributed by atoms with E-state index in [0.29, 0.717) is 5.92 Å². The van der Waals surface area contributed by atoms with E-state index in [2.05, 4.69) is 25.1 Å². The van der Waals surface area contributed by atoms with Gasteiger partial charge in [-0.05, 0) is 18.9 Å². The van der Waals surface area contributed by atoms with Gasteiger partial charge in [-0.2, -0.15) is 0 Å². The van der Waals surface area contributed by atoms with Crippen molar-refractivity contribution in [2.45, 2.75) is 50.7 Å². The van der Waals surface area contributed by atoms with Gasteiger partial charge in [-0.3, -0.25) is 0 Å². The molecule has 2 aromatic carbocycles. The zero-order valence-corrected chi connectivity index (χ0v) is 13.7. The molecule has 2 aliphatic rings. The van der Waals surface area contributed by atoms with Gasteiger partial charge in [0.15, 0.2) is 0 Å². The van der Waals surface area contributed by atoms with Crippen LogP contribution in [0.1, 0.15) is 50.5 Å². The highest BCUT2D eigenvalue weighted by molar-refractivity contribution is 6.36. The molecule has 4 rings (SSSR count). The highest BCUT2D eigenvalue weighted by Crippen LogP contribution is 2.56. The molecule has 0 bridgehead atoms. The van der Waals surface area contributed by atoms with Crippen molar-refractivity contribution in [3.63, 3.8) is 0 Å². The average Bonchev–Trinajstić information content (AvgIpc) is 3.05. The molecule has 0 N–H and O–H groups in total. The second-order valence-electron chi connectivity index (χ2n) is 6.38. The monoisotopic (exact) mass is 316 g/mol. The van der Waals surface area contributed by atoms with Crippen molar-refractivity contribution in [1.82, 2.24) is 0 Å². The molecule has 2 heterocycles. The largest absolute Gasteiger partial charge is 0.461 e. The van der Waals surface area contributed by atoms with Gasteiger partial charge in [-0.1, -0.05) is 55.6 Å². The van der Waals surface area contributed by atoms with Gasteiger partial charge in [-0.25, -0.2) is 0 Å². The standard InChI is InChI=1S/C19H21ClO2/c1-2-3-6-10-19-16(9-11-21-19)15-12-17(20)13-7-4-5-8-14(13)18(15)22-19/h4-5,7-8,12,16H,2-3,6,9-11H2,1H3/t16-,19+/m0/s1. The van der Waals surface area contributed by atoms with E-state index < -0.39 is 5.79 Å². The molecule has 2 aliphatic heterocycles. The topological polar surface area (TPSA) is 18.5 Å². The maximum absolute atomic E-state index is 6.51. The lowest BCUT2D eigenvalue weighted by Gasteiger charge is -2.28. The highest BCUT2D eigenvalue weighted by atomic mass is 35.5. The zero-order valence-electron chi connectivity index (χ0n) is 12.9. The van der Waals surface area contributed by atoms with E-state index >= 15 is 0 Å². The Morgan fingerprint density at radius 1 is 1.23 bits per heavy atom. The van der Waals surface area contributed by atoms with Crippen molar-refractivity contribution >= 4 is 22.4 Å². The van der Waals surface area contributed by atoms with Crippen LogP contribution >= 0.6 is 11.6 Å². The Morgan fingerprint density at radius 3 is 2.86 bits per heavy atom. The Hall–Kier alpha value is -1.25. The van der Waals surface area contributed by atoms with Crippen LogP contribution in [0.25, 0.3) is 10.8 Å². The second-order valence-corrected chi connectivity index (χ2v) is 6.79. The maximum Gasteiger partial charge on any atom is 0.217 e. The summed E-state index contributed by atoms with van der Waals surface area (Å²) in [5.41, 5.74) is 1.23. The summed E-state index contributed by atoms with van der Waals surface area (Å²) in [6.07, 6.45) is 5.56. The fourth-order valence-corrected chi connectivity index (χ4v) is 4.23. The highest BCUT2D eigenvalue weighted by Gasteiger charge is 2.53. The van der Waals surface area contributed by atoms with Crippen molar-refractivity contribution in [3.05, 3.63) is 40.9 Å². The Morgan fingerprint density at radius 2 is 2.05 bits per heavy atom. The molecule has 3 heteroatoms. The zero-order chi connectivity index (χ0) is 15.2. The fourth-order valence-electron chi connectivity index (χ4n) is 3.95. The molecule has 2 atom stereocenters. The number of hydrogen-bond donors (Lipinski definition) is 0. The Balaban J connectivity index is 1.79. The maximum atomic E-state index is 6.51. The number of fused-ring (bicyclic) bond motifs is 5. The molecule has 0 aromatic heterocycles. The third kappa shape index (κ3) is 2.04. The summed E-state index contributed by atoms with van der Waals surface area (Å²) in [5, 5.41) is 2.98. The SMILES string of the molecule is CCCCC[C@]12OCC[C@H]1c1cc(Cl)c3ccccc3c1O2. The normalized spacial score (nSPS) is 26.0. The Labute approximate surface area is 136 Å². The van der Waals surface area contributed by atoms with Gasteiger partial charge in [0, 0.05) is 27.8 Å². The first-order valence-corrected chi connectivity index (χ1v) is 8.67. The number of halogens is 1. The fraction of sp³-hybridized carbons (Fsp3) is 0.474. The van der Waals surface area contributed by atoms with Crippen LogP contribution in [-0.4, -0.2) is 12.4 Å². The Bertz CT molecular complexity index is 712. The number of rotatable bonds is 4. The van der Waals surface area contributed by atoms with Crippen molar-refractivity contribution < 1.29 is 9.47 Å². The van der Waals surface area contributed by atoms with Crippen LogP contribution in [0.5, 0.6) is 5.75 Å². The van der Waals surface area contributed by atoms with E-state index in [1.165, 1.54) is 18.4 Å². The predicted molar refractivity (Wildman–Crippen MR) is 89.8 cm³/mol. The lowest BCUT2D eigenvalue weighted by molar-refractivity contribution is -0.150. The van der Waals surface area contributed by atoms with Crippen LogP contribution in [0.2, 0.25) is 5.02 Å². The lowest BCUT2D eigenvalue weighted by atomic mass is 9.88. The van der Waals surface area contributed by atoms with Crippen LogP contribution in [-0.2, 0) is 4.74 Å². The Kier molecular flexibility index (Phi) is 3.54. The molecule has 0 spiro atoms. The van der Waals surface area contributed by atoms with Gasteiger partial charge in [0.05, 0.1) is 12.5 Å². The molecular weight excluding hydrogens is 296 g/mol. The molecule has 2 nitrogen and oxygen atoms in total. The molecule has 0 saturated carbocycles. The second kappa shape index (κ2) is 5.43. The minimum atomic E-state index is -0.453. The van der Waals surface area contributed by atoms with Crippen LogP contribution < -0.4 is 4.74 Å². The summed E-state index contributed by atoms with van der Waals surface area (Å²) in [6, 6.07) is 10.3. The molecular formula is C19H21ClO2. The van der Waals surface area contributed by atoms with Crippen molar-refractivity contribution in [2.75, 3.05) is 6.61 Å². The van der Waals surface area contributed by atoms with E-state index in [-0.39, 0.29) is 0 Å². The number of benzene rings is 2. The first-order valence-electron chi connectivity index (χ1n) is 8.29. The van der Waals surface area contributed by atoms with Crippen LogP contribution in [0, 0.1) is 0 Å². The van der Waals surface area contributed by atoms with Crippen molar-refractivity contribution in [1.29, 1.82) is 0 Å². The minimum Gasteiger partial charge on any atom is -0.461 e. The smallest absolute Gasteiger partial charge is 0.217 e. The molecule has 1 saturated heterocycles. The summed E-state index contributed by atoms with van der Waals surface area (Å²) >= 11 is 6.51. The number of hydrogen-bond acceptors (Lipinski definition) is 2. The molecule has 0 radical (unpaired) electrons.